The number of thioether (sulfide) groups is 1. The summed E-state index contributed by atoms with van der Waals surface area (Å²) in [4.78, 5) is 19.1. The van der Waals surface area contributed by atoms with Crippen LogP contribution < -0.4 is 24.4 Å². The molecule has 2 aliphatic heterocycles. The Bertz CT molecular complexity index is 1490. The molecule has 0 bridgehead atoms. The van der Waals surface area contributed by atoms with Crippen molar-refractivity contribution in [1.29, 1.82) is 0 Å². The molecule has 0 radical (unpaired) electrons. The third-order valence-corrected chi connectivity index (χ3v) is 8.99. The lowest BCUT2D eigenvalue weighted by molar-refractivity contribution is 0.269. The van der Waals surface area contributed by atoms with Crippen LogP contribution in [0.25, 0.3) is 11.1 Å². The number of methoxy groups -OCH3 is 1. The van der Waals surface area contributed by atoms with Gasteiger partial charge in [-0.1, -0.05) is 54.2 Å². The van der Waals surface area contributed by atoms with Crippen molar-refractivity contribution in [3.8, 4) is 5.75 Å². The van der Waals surface area contributed by atoms with Crippen LogP contribution in [-0.2, 0) is 13.1 Å². The zero-order valence-corrected chi connectivity index (χ0v) is 22.0. The van der Waals surface area contributed by atoms with Crippen molar-refractivity contribution < 1.29 is 4.74 Å². The summed E-state index contributed by atoms with van der Waals surface area (Å²) in [5, 5.41) is 0.968. The molecule has 2 aliphatic rings. The second kappa shape index (κ2) is 9.47. The minimum atomic E-state index is -0.355. The van der Waals surface area contributed by atoms with Crippen LogP contribution in [0.2, 0.25) is 0 Å². The van der Waals surface area contributed by atoms with Gasteiger partial charge >= 0.3 is 0 Å². The van der Waals surface area contributed by atoms with E-state index in [2.05, 4.69) is 77.6 Å². The lowest BCUT2D eigenvalue weighted by atomic mass is 9.96. The highest BCUT2D eigenvalue weighted by molar-refractivity contribution is 8.08. The van der Waals surface area contributed by atoms with Gasteiger partial charge < -0.3 is 14.5 Å². The van der Waals surface area contributed by atoms with Crippen LogP contribution in [-0.4, -0.2) is 29.2 Å². The van der Waals surface area contributed by atoms with Crippen LogP contribution in [0.5, 0.6) is 5.75 Å². The van der Waals surface area contributed by atoms with Crippen LogP contribution in [0.3, 0.4) is 0 Å². The van der Waals surface area contributed by atoms with Gasteiger partial charge in [-0.2, -0.15) is 0 Å². The van der Waals surface area contributed by atoms with E-state index in [0.29, 0.717) is 6.54 Å². The molecule has 1 unspecified atom stereocenters. The maximum absolute atomic E-state index is 13.6. The van der Waals surface area contributed by atoms with Crippen molar-refractivity contribution in [2.24, 2.45) is 0 Å². The van der Waals surface area contributed by atoms with Crippen LogP contribution in [0.15, 0.2) is 82.6 Å². The summed E-state index contributed by atoms with van der Waals surface area (Å²) in [6.07, 6.45) is 10.7. The quantitative estimate of drug-likeness (QED) is 0.517. The minimum absolute atomic E-state index is 0.0615. The van der Waals surface area contributed by atoms with E-state index in [0.717, 1.165) is 37.1 Å². The molecule has 3 aromatic rings. The second-order valence-corrected chi connectivity index (χ2v) is 10.9. The molecular formula is C28H29N3O2S2. The third-order valence-electron chi connectivity index (χ3n) is 6.50. The summed E-state index contributed by atoms with van der Waals surface area (Å²) in [5.41, 5.74) is 2.02. The molecule has 0 fully saturated rings. The number of ether oxygens (including phenoxy) is 1. The van der Waals surface area contributed by atoms with Crippen LogP contribution in [0, 0.1) is 0 Å². The number of aromatic nitrogens is 1. The van der Waals surface area contributed by atoms with Crippen LogP contribution >= 0.6 is 23.1 Å². The van der Waals surface area contributed by atoms with Crippen molar-refractivity contribution in [3.63, 3.8) is 0 Å². The van der Waals surface area contributed by atoms with E-state index in [-0.39, 0.29) is 11.1 Å². The fraction of sp³-hybridized carbons (Fsp3) is 0.250. The SMILES string of the molecule is CCn1c(=O)/c(=C2\Sc3ccc(OC)cc3N2C)s/c1=C\C1(C)C=CC=CN1Cc1ccccc1. The number of thiazole rings is 1. The number of benzene rings is 2. The number of rotatable bonds is 5. The average Bonchev–Trinajstić information content (AvgIpc) is 3.36. The van der Waals surface area contributed by atoms with Gasteiger partial charge in [0, 0.05) is 37.3 Å². The third kappa shape index (κ3) is 4.34. The number of hydrogen-bond donors (Lipinski definition) is 0. The highest BCUT2D eigenvalue weighted by Crippen LogP contribution is 2.46. The van der Waals surface area contributed by atoms with E-state index in [9.17, 15) is 4.79 Å². The predicted molar refractivity (Wildman–Crippen MR) is 147 cm³/mol. The average molecular weight is 504 g/mol. The highest BCUT2D eigenvalue weighted by Gasteiger charge is 2.28. The van der Waals surface area contributed by atoms with E-state index < -0.39 is 0 Å². The maximum Gasteiger partial charge on any atom is 0.271 e. The zero-order valence-electron chi connectivity index (χ0n) is 20.4. The fourth-order valence-electron chi connectivity index (χ4n) is 4.47. The van der Waals surface area contributed by atoms with E-state index in [1.54, 1.807) is 30.2 Å². The molecule has 7 heteroatoms. The van der Waals surface area contributed by atoms with E-state index >= 15 is 0 Å². The highest BCUT2D eigenvalue weighted by atomic mass is 32.2. The number of anilines is 1. The Kier molecular flexibility index (Phi) is 6.38. The van der Waals surface area contributed by atoms with Crippen molar-refractivity contribution >= 4 is 39.9 Å². The maximum atomic E-state index is 13.6. The minimum Gasteiger partial charge on any atom is -0.497 e. The molecule has 0 saturated heterocycles. The monoisotopic (exact) mass is 503 g/mol. The van der Waals surface area contributed by atoms with Crippen molar-refractivity contribution in [1.82, 2.24) is 9.47 Å². The largest absolute Gasteiger partial charge is 0.497 e. The Morgan fingerprint density at radius 1 is 1.11 bits per heavy atom. The number of nitrogens with zero attached hydrogens (tertiary/aromatic N) is 3. The first kappa shape index (κ1) is 23.6. The molecule has 1 atom stereocenters. The normalized spacial score (nSPS) is 21.1. The van der Waals surface area contributed by atoms with E-state index in [4.69, 9.17) is 4.74 Å². The molecule has 0 spiro atoms. The molecule has 3 heterocycles. The molecule has 180 valence electrons. The van der Waals surface area contributed by atoms with E-state index in [1.165, 1.54) is 5.56 Å². The van der Waals surface area contributed by atoms with Crippen LogP contribution in [0.1, 0.15) is 19.4 Å². The van der Waals surface area contributed by atoms with Crippen molar-refractivity contribution in [2.45, 2.75) is 37.4 Å². The van der Waals surface area contributed by atoms with E-state index in [1.807, 2.05) is 36.7 Å². The molecule has 0 saturated carbocycles. The van der Waals surface area contributed by atoms with Crippen molar-refractivity contribution in [2.75, 3.05) is 19.1 Å². The Labute approximate surface area is 214 Å². The Morgan fingerprint density at radius 3 is 2.66 bits per heavy atom. The topological polar surface area (TPSA) is 37.7 Å². The van der Waals surface area contributed by atoms with Gasteiger partial charge in [-0.25, -0.2) is 0 Å². The smallest absolute Gasteiger partial charge is 0.271 e. The van der Waals surface area contributed by atoms with Gasteiger partial charge in [0.15, 0.2) is 0 Å². The molecule has 2 aromatic carbocycles. The standard InChI is InChI=1S/C28H29N3O2S2/c1-5-31-24(18-28(2)15-9-10-16-30(28)19-20-11-7-6-8-12-20)35-25(26(31)32)27-29(3)22-17-21(33-4)13-14-23(22)34-27/h6-18H,5,19H2,1-4H3/b24-18-,27-25+. The summed E-state index contributed by atoms with van der Waals surface area (Å²) >= 11 is 3.22. The van der Waals surface area contributed by atoms with Gasteiger partial charge in [-0.05, 0) is 43.7 Å². The van der Waals surface area contributed by atoms with Gasteiger partial charge in [0.05, 0.1) is 23.0 Å². The second-order valence-electron chi connectivity index (χ2n) is 8.80. The Morgan fingerprint density at radius 2 is 1.91 bits per heavy atom. The molecule has 5 nitrogen and oxygen atoms in total. The summed E-state index contributed by atoms with van der Waals surface area (Å²) < 4.78 is 9.05. The van der Waals surface area contributed by atoms with Crippen molar-refractivity contribution in [3.05, 3.63) is 98.1 Å². The first-order valence-corrected chi connectivity index (χ1v) is 13.3. The molecule has 5 rings (SSSR count). The molecule has 35 heavy (non-hydrogen) atoms. The number of allylic oxidation sites excluding steroid dienone is 2. The molecule has 1 aromatic heterocycles. The lowest BCUT2D eigenvalue weighted by Gasteiger charge is -2.38. The van der Waals surface area contributed by atoms with Gasteiger partial charge in [0.2, 0.25) is 0 Å². The Balaban J connectivity index is 1.60. The molecule has 0 amide bonds. The zero-order chi connectivity index (χ0) is 24.6. The summed E-state index contributed by atoms with van der Waals surface area (Å²) in [5.74, 6) is 0.812. The molecule has 0 aliphatic carbocycles. The first-order valence-electron chi connectivity index (χ1n) is 11.7. The number of fused-ring (bicyclic) bond motifs is 1. The predicted octanol–water partition coefficient (Wildman–Crippen LogP) is 4.37. The number of hydrogen-bond acceptors (Lipinski definition) is 6. The van der Waals surface area contributed by atoms with Crippen LogP contribution in [0.4, 0.5) is 5.69 Å². The summed E-state index contributed by atoms with van der Waals surface area (Å²) in [6, 6.07) is 16.5. The lowest BCUT2D eigenvalue weighted by Crippen LogP contribution is -2.42. The van der Waals surface area contributed by atoms with Gasteiger partial charge in [0.1, 0.15) is 15.3 Å². The Hall–Kier alpha value is -3.16. The molecule has 0 N–H and O–H groups in total. The summed E-state index contributed by atoms with van der Waals surface area (Å²) in [6.45, 7) is 5.64. The molecular weight excluding hydrogens is 474 g/mol. The van der Waals surface area contributed by atoms with Gasteiger partial charge in [-0.3, -0.25) is 9.36 Å². The first-order chi connectivity index (χ1) is 16.9. The van der Waals surface area contributed by atoms with Gasteiger partial charge in [-0.15, -0.1) is 11.3 Å². The summed E-state index contributed by atoms with van der Waals surface area (Å²) in [7, 11) is 3.69. The van der Waals surface area contributed by atoms with Gasteiger partial charge in [0.25, 0.3) is 5.56 Å². The fourth-order valence-corrected chi connectivity index (χ4v) is 7.03.